The van der Waals surface area contributed by atoms with Gasteiger partial charge in [-0.1, -0.05) is 0 Å². The van der Waals surface area contributed by atoms with Crippen molar-refractivity contribution in [2.75, 3.05) is 5.32 Å². The molecule has 0 aromatic carbocycles. The lowest BCUT2D eigenvalue weighted by Crippen LogP contribution is -2.09. The minimum absolute atomic E-state index is 0.485. The number of anilines is 1. The second-order valence-corrected chi connectivity index (χ2v) is 3.12. The molecule has 6 nitrogen and oxygen atoms in total. The number of hydrogen-bond donors (Lipinski definition) is 2. The van der Waals surface area contributed by atoms with Crippen LogP contribution < -0.4 is 5.32 Å². The zero-order valence-corrected chi connectivity index (χ0v) is 9.10. The first kappa shape index (κ1) is 12.0. The van der Waals surface area contributed by atoms with Crippen molar-refractivity contribution in [3.8, 4) is 0 Å². The van der Waals surface area contributed by atoms with Crippen LogP contribution in [0.5, 0.6) is 0 Å². The number of aryl methyl sites for hydroxylation is 1. The highest BCUT2D eigenvalue weighted by atomic mass is 16.4. The van der Waals surface area contributed by atoms with Gasteiger partial charge in [0.15, 0.2) is 0 Å². The quantitative estimate of drug-likeness (QED) is 0.739. The summed E-state index contributed by atoms with van der Waals surface area (Å²) >= 11 is 0. The van der Waals surface area contributed by atoms with E-state index in [1.165, 1.54) is 6.20 Å². The summed E-state index contributed by atoms with van der Waals surface area (Å²) in [7, 11) is 0. The molecule has 1 amide bonds. The number of aromatic nitrogens is 2. The Kier molecular flexibility index (Phi) is 3.82. The molecule has 86 valence electrons. The van der Waals surface area contributed by atoms with Crippen LogP contribution in [0, 0.1) is 6.92 Å². The Balaban J connectivity index is 2.70. The van der Waals surface area contributed by atoms with Crippen LogP contribution in [0.2, 0.25) is 0 Å². The fraction of sp³-hybridized carbons (Fsp3) is 0.300. The largest absolute Gasteiger partial charge is 0.478 e. The number of carboxylic acid groups (broad SMARTS) is 1. The Hall–Kier alpha value is -2.11. The summed E-state index contributed by atoms with van der Waals surface area (Å²) in [6, 6.07) is 0. The molecule has 0 aliphatic carbocycles. The molecule has 0 bridgehead atoms. The van der Waals surface area contributed by atoms with E-state index in [1.807, 2.05) is 13.8 Å². The standard InChI is InChI=1S/C10H13N3O3/c1-3-13-7(2)8(6-11-13)12-9(14)4-5-10(15)16/h4-6H,3H2,1-2H3,(H,12,14)(H,15,16)/b5-4+. The van der Waals surface area contributed by atoms with Crippen molar-refractivity contribution in [3.05, 3.63) is 24.0 Å². The molecule has 0 radical (unpaired) electrons. The maximum absolute atomic E-state index is 11.3. The third kappa shape index (κ3) is 2.94. The fourth-order valence-corrected chi connectivity index (χ4v) is 1.21. The molecule has 1 rings (SSSR count). The van der Waals surface area contributed by atoms with Crippen LogP contribution in [0.15, 0.2) is 18.3 Å². The predicted molar refractivity (Wildman–Crippen MR) is 58.0 cm³/mol. The van der Waals surface area contributed by atoms with E-state index in [4.69, 9.17) is 5.11 Å². The van der Waals surface area contributed by atoms with Crippen LogP contribution in [-0.4, -0.2) is 26.8 Å². The second kappa shape index (κ2) is 5.11. The van der Waals surface area contributed by atoms with Gasteiger partial charge in [-0.25, -0.2) is 4.79 Å². The number of nitrogens with zero attached hydrogens (tertiary/aromatic N) is 2. The van der Waals surface area contributed by atoms with Gasteiger partial charge in [-0.05, 0) is 13.8 Å². The summed E-state index contributed by atoms with van der Waals surface area (Å²) in [4.78, 5) is 21.5. The van der Waals surface area contributed by atoms with Crippen LogP contribution in [-0.2, 0) is 16.1 Å². The van der Waals surface area contributed by atoms with E-state index in [9.17, 15) is 9.59 Å². The lowest BCUT2D eigenvalue weighted by atomic mass is 10.3. The smallest absolute Gasteiger partial charge is 0.328 e. The Morgan fingerprint density at radius 1 is 1.56 bits per heavy atom. The van der Waals surface area contributed by atoms with E-state index >= 15 is 0 Å². The average Bonchev–Trinajstić information content (AvgIpc) is 2.57. The predicted octanol–water partition coefficient (Wildman–Crippen LogP) is 0.791. The fourth-order valence-electron chi connectivity index (χ4n) is 1.21. The van der Waals surface area contributed by atoms with Gasteiger partial charge in [0, 0.05) is 18.7 Å². The van der Waals surface area contributed by atoms with Gasteiger partial charge >= 0.3 is 5.97 Å². The molecule has 0 fully saturated rings. The van der Waals surface area contributed by atoms with E-state index < -0.39 is 11.9 Å². The van der Waals surface area contributed by atoms with Gasteiger partial charge < -0.3 is 10.4 Å². The first-order chi connectivity index (χ1) is 7.54. The highest BCUT2D eigenvalue weighted by Gasteiger charge is 2.06. The van der Waals surface area contributed by atoms with Gasteiger partial charge in [-0.2, -0.15) is 5.10 Å². The van der Waals surface area contributed by atoms with Gasteiger partial charge in [-0.3, -0.25) is 9.48 Å². The number of hydrogen-bond acceptors (Lipinski definition) is 3. The number of carboxylic acids is 1. The van der Waals surface area contributed by atoms with E-state index in [1.54, 1.807) is 4.68 Å². The Morgan fingerprint density at radius 3 is 2.75 bits per heavy atom. The SMILES string of the molecule is CCn1ncc(NC(=O)/C=C/C(=O)O)c1C. The third-order valence-corrected chi connectivity index (χ3v) is 2.04. The number of amides is 1. The molecule has 16 heavy (non-hydrogen) atoms. The van der Waals surface area contributed by atoms with Crippen LogP contribution in [0.4, 0.5) is 5.69 Å². The van der Waals surface area contributed by atoms with Crippen molar-refractivity contribution in [2.45, 2.75) is 20.4 Å². The summed E-state index contributed by atoms with van der Waals surface area (Å²) in [6.45, 7) is 4.48. The molecule has 0 saturated carbocycles. The number of nitrogens with one attached hydrogen (secondary N) is 1. The number of carbonyl (C=O) groups excluding carboxylic acids is 1. The average molecular weight is 223 g/mol. The molecule has 1 aromatic heterocycles. The summed E-state index contributed by atoms with van der Waals surface area (Å²) in [5.41, 5.74) is 1.42. The van der Waals surface area contributed by atoms with Gasteiger partial charge in [0.05, 0.1) is 17.6 Å². The topological polar surface area (TPSA) is 84.2 Å². The Bertz CT molecular complexity index is 435. The molecule has 2 N–H and O–H groups in total. The number of carbonyl (C=O) groups is 2. The van der Waals surface area contributed by atoms with E-state index in [2.05, 4.69) is 10.4 Å². The first-order valence-corrected chi connectivity index (χ1v) is 4.79. The molecule has 0 saturated heterocycles. The van der Waals surface area contributed by atoms with Crippen LogP contribution in [0.1, 0.15) is 12.6 Å². The normalized spacial score (nSPS) is 10.6. The molecule has 0 aliphatic heterocycles. The lowest BCUT2D eigenvalue weighted by Gasteiger charge is -2.02. The van der Waals surface area contributed by atoms with Gasteiger partial charge in [0.25, 0.3) is 0 Å². The molecule has 1 heterocycles. The molecular formula is C10H13N3O3. The van der Waals surface area contributed by atoms with Crippen molar-refractivity contribution in [3.63, 3.8) is 0 Å². The van der Waals surface area contributed by atoms with Crippen molar-refractivity contribution in [1.29, 1.82) is 0 Å². The molecule has 0 aliphatic rings. The van der Waals surface area contributed by atoms with Crippen molar-refractivity contribution in [1.82, 2.24) is 9.78 Å². The third-order valence-electron chi connectivity index (χ3n) is 2.04. The van der Waals surface area contributed by atoms with Crippen molar-refractivity contribution < 1.29 is 14.7 Å². The summed E-state index contributed by atoms with van der Waals surface area (Å²) in [5, 5.41) is 14.9. The second-order valence-electron chi connectivity index (χ2n) is 3.12. The zero-order chi connectivity index (χ0) is 12.1. The Labute approximate surface area is 92.6 Å². The highest BCUT2D eigenvalue weighted by molar-refractivity contribution is 6.02. The van der Waals surface area contributed by atoms with Crippen LogP contribution in [0.3, 0.4) is 0 Å². The molecule has 0 atom stereocenters. The van der Waals surface area contributed by atoms with Crippen molar-refractivity contribution >= 4 is 17.6 Å². The zero-order valence-electron chi connectivity index (χ0n) is 9.10. The molecule has 0 spiro atoms. The minimum atomic E-state index is -1.16. The summed E-state index contributed by atoms with van der Waals surface area (Å²) in [6.07, 6.45) is 3.28. The van der Waals surface area contributed by atoms with Crippen LogP contribution >= 0.6 is 0 Å². The summed E-state index contributed by atoms with van der Waals surface area (Å²) in [5.74, 6) is -1.64. The van der Waals surface area contributed by atoms with E-state index in [0.29, 0.717) is 12.2 Å². The summed E-state index contributed by atoms with van der Waals surface area (Å²) < 4.78 is 1.73. The number of rotatable bonds is 4. The van der Waals surface area contributed by atoms with E-state index in [-0.39, 0.29) is 0 Å². The highest BCUT2D eigenvalue weighted by Crippen LogP contribution is 2.12. The molecule has 1 aromatic rings. The van der Waals surface area contributed by atoms with Crippen molar-refractivity contribution in [2.24, 2.45) is 0 Å². The molecule has 6 heteroatoms. The maximum atomic E-state index is 11.3. The maximum Gasteiger partial charge on any atom is 0.328 e. The van der Waals surface area contributed by atoms with Gasteiger partial charge in [0.1, 0.15) is 0 Å². The first-order valence-electron chi connectivity index (χ1n) is 4.79. The molecular weight excluding hydrogens is 210 g/mol. The van der Waals surface area contributed by atoms with Crippen LogP contribution in [0.25, 0.3) is 0 Å². The lowest BCUT2D eigenvalue weighted by molar-refractivity contribution is -0.131. The van der Waals surface area contributed by atoms with Gasteiger partial charge in [-0.15, -0.1) is 0 Å². The van der Waals surface area contributed by atoms with E-state index in [0.717, 1.165) is 17.8 Å². The van der Waals surface area contributed by atoms with Gasteiger partial charge in [0.2, 0.25) is 5.91 Å². The Morgan fingerprint density at radius 2 is 2.25 bits per heavy atom. The number of aliphatic carboxylic acids is 1. The monoisotopic (exact) mass is 223 g/mol. The minimum Gasteiger partial charge on any atom is -0.478 e. The molecule has 0 unspecified atom stereocenters.